The van der Waals surface area contributed by atoms with E-state index in [2.05, 4.69) is 0 Å². The predicted molar refractivity (Wildman–Crippen MR) is 116 cm³/mol. The third-order valence-corrected chi connectivity index (χ3v) is 6.37. The maximum Gasteiger partial charge on any atom is 0.343 e. The number of phenolic OH excluding ortho intramolecular Hbond substituents is 1. The van der Waals surface area contributed by atoms with Gasteiger partial charge in [0, 0.05) is 28.7 Å². The standard InChI is InChI=1S/C24H24N2O6/c1-3-7-31-11-15-14-8-13-10-26-19(21(13)25-18(14)5-6-20(15)27)9-17-16(22(26)28)12-32-23(29)24(17,30)4-2/h5-6,8-9,27,30H,3-4,7,10-12H2,1-2H3. The van der Waals surface area contributed by atoms with Crippen molar-refractivity contribution in [2.24, 2.45) is 0 Å². The highest BCUT2D eigenvalue weighted by Gasteiger charge is 2.45. The number of nitrogens with zero attached hydrogens (tertiary/aromatic N) is 2. The van der Waals surface area contributed by atoms with E-state index in [0.29, 0.717) is 46.7 Å². The van der Waals surface area contributed by atoms with Crippen molar-refractivity contribution in [1.82, 2.24) is 9.55 Å². The number of hydrogen-bond acceptors (Lipinski definition) is 7. The van der Waals surface area contributed by atoms with Crippen LogP contribution in [0.2, 0.25) is 0 Å². The molecule has 8 heteroatoms. The van der Waals surface area contributed by atoms with E-state index >= 15 is 0 Å². The zero-order valence-corrected chi connectivity index (χ0v) is 18.0. The lowest BCUT2D eigenvalue weighted by atomic mass is 9.86. The minimum atomic E-state index is -1.85. The number of aromatic nitrogens is 2. The van der Waals surface area contributed by atoms with Gasteiger partial charge in [-0.15, -0.1) is 0 Å². The van der Waals surface area contributed by atoms with Gasteiger partial charge in [-0.3, -0.25) is 4.79 Å². The molecular formula is C24H24N2O6. The molecule has 5 rings (SSSR count). The van der Waals surface area contributed by atoms with Crippen molar-refractivity contribution in [2.75, 3.05) is 6.61 Å². The summed E-state index contributed by atoms with van der Waals surface area (Å²) in [6.45, 7) is 4.69. The monoisotopic (exact) mass is 436 g/mol. The average molecular weight is 436 g/mol. The molecule has 4 heterocycles. The molecule has 0 spiro atoms. The Hall–Kier alpha value is -3.23. The van der Waals surface area contributed by atoms with Gasteiger partial charge in [0.25, 0.3) is 5.56 Å². The average Bonchev–Trinajstić information content (AvgIpc) is 3.15. The summed E-state index contributed by atoms with van der Waals surface area (Å²) < 4.78 is 12.4. The summed E-state index contributed by atoms with van der Waals surface area (Å²) in [4.78, 5) is 30.3. The summed E-state index contributed by atoms with van der Waals surface area (Å²) in [5.74, 6) is -0.601. The van der Waals surface area contributed by atoms with Crippen molar-refractivity contribution >= 4 is 16.9 Å². The minimum Gasteiger partial charge on any atom is -0.508 e. The zero-order chi connectivity index (χ0) is 22.6. The number of phenols is 1. The van der Waals surface area contributed by atoms with Crippen LogP contribution in [0, 0.1) is 0 Å². The number of carbonyl (C=O) groups excluding carboxylic acids is 1. The van der Waals surface area contributed by atoms with Crippen LogP contribution in [0.3, 0.4) is 0 Å². The van der Waals surface area contributed by atoms with Crippen molar-refractivity contribution in [3.05, 3.63) is 56.9 Å². The Morgan fingerprint density at radius 1 is 1.25 bits per heavy atom. The molecule has 8 nitrogen and oxygen atoms in total. The van der Waals surface area contributed by atoms with Crippen LogP contribution in [0.5, 0.6) is 5.75 Å². The summed E-state index contributed by atoms with van der Waals surface area (Å²) in [5, 5.41) is 22.1. The topological polar surface area (TPSA) is 111 Å². The second-order valence-corrected chi connectivity index (χ2v) is 8.28. The number of cyclic esters (lactones) is 1. The van der Waals surface area contributed by atoms with Crippen molar-refractivity contribution in [1.29, 1.82) is 0 Å². The van der Waals surface area contributed by atoms with E-state index in [9.17, 15) is 19.8 Å². The summed E-state index contributed by atoms with van der Waals surface area (Å²) >= 11 is 0. The molecule has 32 heavy (non-hydrogen) atoms. The van der Waals surface area contributed by atoms with Gasteiger partial charge in [-0.25, -0.2) is 9.78 Å². The first-order valence-corrected chi connectivity index (χ1v) is 10.8. The molecule has 1 aromatic carbocycles. The number of esters is 1. The Morgan fingerprint density at radius 3 is 2.81 bits per heavy atom. The van der Waals surface area contributed by atoms with Crippen molar-refractivity contribution < 1.29 is 24.5 Å². The highest BCUT2D eigenvalue weighted by molar-refractivity contribution is 5.89. The van der Waals surface area contributed by atoms with E-state index < -0.39 is 11.6 Å². The maximum absolute atomic E-state index is 13.2. The number of ether oxygens (including phenoxy) is 2. The van der Waals surface area contributed by atoms with Crippen LogP contribution in [0.25, 0.3) is 22.3 Å². The number of hydrogen-bond donors (Lipinski definition) is 2. The van der Waals surface area contributed by atoms with E-state index in [1.807, 2.05) is 13.0 Å². The highest BCUT2D eigenvalue weighted by atomic mass is 16.6. The Morgan fingerprint density at radius 2 is 2.06 bits per heavy atom. The fourth-order valence-corrected chi connectivity index (χ4v) is 4.57. The summed E-state index contributed by atoms with van der Waals surface area (Å²) in [7, 11) is 0. The zero-order valence-electron chi connectivity index (χ0n) is 18.0. The summed E-state index contributed by atoms with van der Waals surface area (Å²) in [6.07, 6.45) is 0.971. The first-order valence-electron chi connectivity index (χ1n) is 10.8. The Labute approximate surface area is 184 Å². The number of carbonyl (C=O) groups is 1. The van der Waals surface area contributed by atoms with E-state index in [1.54, 1.807) is 29.7 Å². The molecule has 0 aliphatic carbocycles. The molecule has 2 aliphatic rings. The van der Waals surface area contributed by atoms with Gasteiger partial charge < -0.3 is 24.3 Å². The molecule has 0 saturated carbocycles. The second-order valence-electron chi connectivity index (χ2n) is 8.28. The largest absolute Gasteiger partial charge is 0.508 e. The Bertz CT molecular complexity index is 1330. The number of aromatic hydroxyl groups is 1. The molecule has 1 atom stereocenters. The number of aliphatic hydroxyl groups is 1. The van der Waals surface area contributed by atoms with Gasteiger partial charge in [0.05, 0.1) is 35.6 Å². The molecule has 1 unspecified atom stereocenters. The molecule has 0 fully saturated rings. The van der Waals surface area contributed by atoms with Crippen LogP contribution in [-0.2, 0) is 39.6 Å². The quantitative estimate of drug-likeness (QED) is 0.366. The molecule has 0 bridgehead atoms. The molecule has 0 amide bonds. The number of benzene rings is 1. The molecule has 166 valence electrons. The van der Waals surface area contributed by atoms with Crippen LogP contribution < -0.4 is 5.56 Å². The molecule has 2 aliphatic heterocycles. The smallest absolute Gasteiger partial charge is 0.343 e. The number of rotatable bonds is 5. The van der Waals surface area contributed by atoms with Gasteiger partial charge in [-0.2, -0.15) is 0 Å². The van der Waals surface area contributed by atoms with Crippen LogP contribution >= 0.6 is 0 Å². The number of fused-ring (bicyclic) bond motifs is 5. The number of pyridine rings is 2. The van der Waals surface area contributed by atoms with Crippen LogP contribution in [-0.4, -0.2) is 32.3 Å². The third kappa shape index (κ3) is 2.87. The summed E-state index contributed by atoms with van der Waals surface area (Å²) in [5.41, 5.74) is 1.78. The van der Waals surface area contributed by atoms with Crippen molar-refractivity contribution in [3.63, 3.8) is 0 Å². The minimum absolute atomic E-state index is 0.0974. The van der Waals surface area contributed by atoms with Gasteiger partial charge >= 0.3 is 5.97 Å². The van der Waals surface area contributed by atoms with Crippen LogP contribution in [0.1, 0.15) is 48.9 Å². The van der Waals surface area contributed by atoms with E-state index in [1.165, 1.54) is 0 Å². The van der Waals surface area contributed by atoms with Gasteiger partial charge in [-0.05, 0) is 37.1 Å². The first kappa shape index (κ1) is 20.7. The van der Waals surface area contributed by atoms with Gasteiger partial charge in [0.15, 0.2) is 5.60 Å². The maximum atomic E-state index is 13.2. The summed E-state index contributed by atoms with van der Waals surface area (Å²) in [6, 6.07) is 6.94. The normalized spacial score (nSPS) is 18.9. The van der Waals surface area contributed by atoms with Gasteiger partial charge in [0.1, 0.15) is 12.4 Å². The van der Waals surface area contributed by atoms with E-state index in [-0.39, 0.29) is 30.9 Å². The third-order valence-electron chi connectivity index (χ3n) is 6.37. The predicted octanol–water partition coefficient (Wildman–Crippen LogP) is 2.71. The van der Waals surface area contributed by atoms with Crippen molar-refractivity contribution in [2.45, 2.75) is 52.0 Å². The fourth-order valence-electron chi connectivity index (χ4n) is 4.57. The van der Waals surface area contributed by atoms with Crippen molar-refractivity contribution in [3.8, 4) is 17.1 Å². The molecule has 2 N–H and O–H groups in total. The lowest BCUT2D eigenvalue weighted by Gasteiger charge is -2.31. The van der Waals surface area contributed by atoms with Crippen LogP contribution in [0.15, 0.2) is 29.1 Å². The SMILES string of the molecule is CCCOCc1c(O)ccc2nc3c(cc12)Cn1c-3cc2c(c1=O)COC(=O)C2(O)CC. The lowest BCUT2D eigenvalue weighted by molar-refractivity contribution is -0.172. The fraction of sp³-hybridized carbons (Fsp3) is 0.375. The van der Waals surface area contributed by atoms with Gasteiger partial charge in [-0.1, -0.05) is 13.8 Å². The van der Waals surface area contributed by atoms with Crippen LogP contribution in [0.4, 0.5) is 0 Å². The molecule has 0 radical (unpaired) electrons. The highest BCUT2D eigenvalue weighted by Crippen LogP contribution is 2.39. The Balaban J connectivity index is 1.69. The molecule has 0 saturated heterocycles. The second kappa shape index (κ2) is 7.43. The molecule has 3 aromatic rings. The van der Waals surface area contributed by atoms with E-state index in [0.717, 1.165) is 17.4 Å². The van der Waals surface area contributed by atoms with Gasteiger partial charge in [0.2, 0.25) is 0 Å². The molecular weight excluding hydrogens is 412 g/mol. The van der Waals surface area contributed by atoms with E-state index in [4.69, 9.17) is 14.5 Å². The lowest BCUT2D eigenvalue weighted by Crippen LogP contribution is -2.44. The molecule has 2 aromatic heterocycles. The Kier molecular flexibility index (Phi) is 4.79. The first-order chi connectivity index (χ1) is 15.4.